The zero-order valence-electron chi connectivity index (χ0n) is 11.3. The summed E-state index contributed by atoms with van der Waals surface area (Å²) in [4.78, 5) is 11.7. The first-order valence-electron chi connectivity index (χ1n) is 6.21. The van der Waals surface area contributed by atoms with Crippen LogP contribution in [0.25, 0.3) is 5.69 Å². The second-order valence-corrected chi connectivity index (χ2v) is 4.49. The number of carbonyl (C=O) groups excluding carboxylic acids is 1. The van der Waals surface area contributed by atoms with Gasteiger partial charge in [-0.3, -0.25) is 4.79 Å². The van der Waals surface area contributed by atoms with Crippen LogP contribution in [0.5, 0.6) is 0 Å². The van der Waals surface area contributed by atoms with Gasteiger partial charge in [-0.1, -0.05) is 19.1 Å². The molecular weight excluding hydrogens is 224 g/mol. The van der Waals surface area contributed by atoms with Crippen molar-refractivity contribution in [1.29, 1.82) is 0 Å². The second-order valence-electron chi connectivity index (χ2n) is 4.49. The average molecular weight is 242 g/mol. The van der Waals surface area contributed by atoms with Gasteiger partial charge in [0.2, 0.25) is 0 Å². The highest BCUT2D eigenvalue weighted by molar-refractivity contribution is 5.97. The molecule has 3 heteroatoms. The number of aromatic nitrogens is 2. The first-order chi connectivity index (χ1) is 8.56. The van der Waals surface area contributed by atoms with E-state index in [1.165, 1.54) is 5.56 Å². The number of Topliss-reactive ketones (excluding diaryl/α,β-unsaturated/α-hetero) is 1. The fourth-order valence-corrected chi connectivity index (χ4v) is 2.38. The van der Waals surface area contributed by atoms with Crippen molar-refractivity contribution < 1.29 is 4.79 Å². The summed E-state index contributed by atoms with van der Waals surface area (Å²) in [6, 6.07) is 7.60. The van der Waals surface area contributed by atoms with Crippen LogP contribution >= 0.6 is 0 Å². The van der Waals surface area contributed by atoms with Crippen LogP contribution in [0.15, 0.2) is 24.3 Å². The fourth-order valence-electron chi connectivity index (χ4n) is 2.38. The van der Waals surface area contributed by atoms with Gasteiger partial charge in [0.25, 0.3) is 0 Å². The number of hydrogen-bond donors (Lipinski definition) is 0. The van der Waals surface area contributed by atoms with Gasteiger partial charge in [-0.15, -0.1) is 0 Å². The highest BCUT2D eigenvalue weighted by Crippen LogP contribution is 2.21. The molecule has 0 bridgehead atoms. The Kier molecular flexibility index (Phi) is 3.32. The molecule has 1 heterocycles. The molecule has 0 saturated carbocycles. The van der Waals surface area contributed by atoms with E-state index in [9.17, 15) is 4.79 Å². The Balaban J connectivity index is 2.66. The molecule has 1 aromatic heterocycles. The Bertz CT molecular complexity index is 597. The molecule has 0 aliphatic carbocycles. The molecule has 0 unspecified atom stereocenters. The summed E-state index contributed by atoms with van der Waals surface area (Å²) in [6.45, 7) is 7.78. The van der Waals surface area contributed by atoms with Gasteiger partial charge in [-0.25, -0.2) is 4.68 Å². The third-order valence-electron chi connectivity index (χ3n) is 3.31. The Morgan fingerprint density at radius 1 is 1.28 bits per heavy atom. The van der Waals surface area contributed by atoms with E-state index < -0.39 is 0 Å². The summed E-state index contributed by atoms with van der Waals surface area (Å²) < 4.78 is 1.88. The molecule has 0 aliphatic heterocycles. The predicted molar refractivity (Wildman–Crippen MR) is 72.4 cm³/mol. The van der Waals surface area contributed by atoms with Gasteiger partial charge in [0.1, 0.15) is 0 Å². The SMILES string of the molecule is CCc1c(C)nn(-c2ccccc2C(C)=O)c1C. The van der Waals surface area contributed by atoms with Crippen LogP contribution in [0.2, 0.25) is 0 Å². The van der Waals surface area contributed by atoms with Gasteiger partial charge >= 0.3 is 0 Å². The van der Waals surface area contributed by atoms with Crippen molar-refractivity contribution in [2.24, 2.45) is 0 Å². The zero-order chi connectivity index (χ0) is 13.3. The minimum atomic E-state index is 0.0659. The van der Waals surface area contributed by atoms with Crippen molar-refractivity contribution in [3.63, 3.8) is 0 Å². The van der Waals surface area contributed by atoms with Crippen LogP contribution in [0, 0.1) is 13.8 Å². The van der Waals surface area contributed by atoms with E-state index in [0.29, 0.717) is 5.56 Å². The van der Waals surface area contributed by atoms with Gasteiger partial charge in [-0.2, -0.15) is 5.10 Å². The summed E-state index contributed by atoms with van der Waals surface area (Å²) in [7, 11) is 0. The molecule has 2 rings (SSSR count). The summed E-state index contributed by atoms with van der Waals surface area (Å²) >= 11 is 0. The highest BCUT2D eigenvalue weighted by Gasteiger charge is 2.14. The molecule has 0 aliphatic rings. The molecular formula is C15H18N2O. The molecule has 0 atom stereocenters. The monoisotopic (exact) mass is 242 g/mol. The number of aryl methyl sites for hydroxylation is 1. The standard InChI is InChI=1S/C15H18N2O/c1-5-13-10(2)16-17(11(13)3)15-9-7-6-8-14(15)12(4)18/h6-9H,5H2,1-4H3. The second kappa shape index (κ2) is 4.77. The summed E-state index contributed by atoms with van der Waals surface area (Å²) in [6.07, 6.45) is 0.958. The number of carbonyl (C=O) groups is 1. The highest BCUT2D eigenvalue weighted by atomic mass is 16.1. The molecule has 0 fully saturated rings. The number of rotatable bonds is 3. The lowest BCUT2D eigenvalue weighted by Crippen LogP contribution is -2.06. The first-order valence-corrected chi connectivity index (χ1v) is 6.21. The Labute approximate surface area is 107 Å². The van der Waals surface area contributed by atoms with Crippen molar-refractivity contribution in [3.05, 3.63) is 46.8 Å². The van der Waals surface area contributed by atoms with Crippen molar-refractivity contribution in [3.8, 4) is 5.69 Å². The van der Waals surface area contributed by atoms with Gasteiger partial charge in [0.05, 0.1) is 11.4 Å². The minimum Gasteiger partial charge on any atom is -0.294 e. The van der Waals surface area contributed by atoms with Crippen molar-refractivity contribution in [2.75, 3.05) is 0 Å². The normalized spacial score (nSPS) is 10.7. The molecule has 0 N–H and O–H groups in total. The van der Waals surface area contributed by atoms with Gasteiger partial charge in [-0.05, 0) is 44.9 Å². The number of ketones is 1. The van der Waals surface area contributed by atoms with Crippen LogP contribution in [0.3, 0.4) is 0 Å². The zero-order valence-corrected chi connectivity index (χ0v) is 11.3. The van der Waals surface area contributed by atoms with Crippen LogP contribution < -0.4 is 0 Å². The summed E-state index contributed by atoms with van der Waals surface area (Å²) in [5, 5.41) is 4.56. The molecule has 18 heavy (non-hydrogen) atoms. The Hall–Kier alpha value is -1.90. The average Bonchev–Trinajstić information content (AvgIpc) is 2.64. The number of para-hydroxylation sites is 1. The van der Waals surface area contributed by atoms with E-state index in [2.05, 4.69) is 18.9 Å². The van der Waals surface area contributed by atoms with Crippen molar-refractivity contribution in [1.82, 2.24) is 9.78 Å². The van der Waals surface area contributed by atoms with Crippen LogP contribution in [0.1, 0.15) is 41.2 Å². The van der Waals surface area contributed by atoms with Crippen LogP contribution in [0.4, 0.5) is 0 Å². The van der Waals surface area contributed by atoms with E-state index in [0.717, 1.165) is 23.5 Å². The number of nitrogens with zero attached hydrogens (tertiary/aromatic N) is 2. The van der Waals surface area contributed by atoms with E-state index in [-0.39, 0.29) is 5.78 Å². The van der Waals surface area contributed by atoms with Crippen molar-refractivity contribution >= 4 is 5.78 Å². The third kappa shape index (κ3) is 1.96. The molecule has 0 amide bonds. The predicted octanol–water partition coefficient (Wildman–Crippen LogP) is 3.25. The lowest BCUT2D eigenvalue weighted by Gasteiger charge is -2.09. The topological polar surface area (TPSA) is 34.9 Å². The van der Waals surface area contributed by atoms with E-state index in [1.54, 1.807) is 6.92 Å². The number of hydrogen-bond acceptors (Lipinski definition) is 2. The molecule has 3 nitrogen and oxygen atoms in total. The number of benzene rings is 1. The summed E-state index contributed by atoms with van der Waals surface area (Å²) in [5.41, 5.74) is 4.99. The van der Waals surface area contributed by atoms with Crippen LogP contribution in [-0.2, 0) is 6.42 Å². The largest absolute Gasteiger partial charge is 0.294 e. The van der Waals surface area contributed by atoms with Gasteiger partial charge in [0, 0.05) is 11.3 Å². The van der Waals surface area contributed by atoms with Crippen LogP contribution in [-0.4, -0.2) is 15.6 Å². The van der Waals surface area contributed by atoms with E-state index in [4.69, 9.17) is 0 Å². The molecule has 0 radical (unpaired) electrons. The molecule has 1 aromatic carbocycles. The lowest BCUT2D eigenvalue weighted by molar-refractivity contribution is 0.101. The van der Waals surface area contributed by atoms with E-state index in [1.807, 2.05) is 35.9 Å². The lowest BCUT2D eigenvalue weighted by atomic mass is 10.1. The quantitative estimate of drug-likeness (QED) is 0.774. The van der Waals surface area contributed by atoms with Crippen molar-refractivity contribution in [2.45, 2.75) is 34.1 Å². The third-order valence-corrected chi connectivity index (χ3v) is 3.31. The first kappa shape index (κ1) is 12.6. The van der Waals surface area contributed by atoms with E-state index >= 15 is 0 Å². The summed E-state index contributed by atoms with van der Waals surface area (Å²) in [5.74, 6) is 0.0659. The maximum Gasteiger partial charge on any atom is 0.161 e. The van der Waals surface area contributed by atoms with Gasteiger partial charge in [0.15, 0.2) is 5.78 Å². The fraction of sp³-hybridized carbons (Fsp3) is 0.333. The molecule has 94 valence electrons. The Morgan fingerprint density at radius 3 is 2.50 bits per heavy atom. The molecule has 0 saturated heterocycles. The molecule has 0 spiro atoms. The smallest absolute Gasteiger partial charge is 0.161 e. The molecule has 2 aromatic rings. The minimum absolute atomic E-state index is 0.0659. The van der Waals surface area contributed by atoms with Gasteiger partial charge < -0.3 is 0 Å². The maximum atomic E-state index is 11.7. The Morgan fingerprint density at radius 2 is 1.94 bits per heavy atom. The maximum absolute atomic E-state index is 11.7.